The van der Waals surface area contributed by atoms with Gasteiger partial charge in [-0.3, -0.25) is 0 Å². The first-order chi connectivity index (χ1) is 8.85. The normalized spacial score (nSPS) is 19.5. The number of ether oxygens (including phenoxy) is 2. The standard InChI is InChI=1S/C14H16O2.C2H6/c1-3-11-7-5-6-8-13(11)14(4-2)16-10-12-9-15-12;1-2/h3-8,12H,2,9-10H2,1H3;1-2H3/b11-3-,14-13+;. The summed E-state index contributed by atoms with van der Waals surface area (Å²) in [6, 6.07) is 8.13. The van der Waals surface area contributed by atoms with E-state index in [0.29, 0.717) is 6.61 Å². The van der Waals surface area contributed by atoms with Crippen LogP contribution in [0.15, 0.2) is 36.9 Å². The maximum Gasteiger partial charge on any atom is 0.126 e. The Labute approximate surface area is 109 Å². The van der Waals surface area contributed by atoms with Gasteiger partial charge in [-0.1, -0.05) is 50.8 Å². The van der Waals surface area contributed by atoms with Crippen molar-refractivity contribution in [3.63, 3.8) is 0 Å². The molecule has 18 heavy (non-hydrogen) atoms. The second-order valence-corrected chi connectivity index (χ2v) is 3.71. The summed E-state index contributed by atoms with van der Waals surface area (Å²) in [5.41, 5.74) is 0. The van der Waals surface area contributed by atoms with Gasteiger partial charge < -0.3 is 9.47 Å². The lowest BCUT2D eigenvalue weighted by atomic mass is 10.2. The van der Waals surface area contributed by atoms with Crippen molar-refractivity contribution in [2.24, 2.45) is 0 Å². The highest BCUT2D eigenvalue weighted by Gasteiger charge is 2.23. The lowest BCUT2D eigenvalue weighted by Gasteiger charge is -2.05. The van der Waals surface area contributed by atoms with Gasteiger partial charge in [0, 0.05) is 5.22 Å². The van der Waals surface area contributed by atoms with Crippen LogP contribution >= 0.6 is 0 Å². The van der Waals surface area contributed by atoms with E-state index in [-0.39, 0.29) is 6.10 Å². The van der Waals surface area contributed by atoms with Crippen LogP contribution in [0.5, 0.6) is 0 Å². The fraction of sp³-hybridized carbons (Fsp3) is 0.375. The zero-order valence-electron chi connectivity index (χ0n) is 11.5. The summed E-state index contributed by atoms with van der Waals surface area (Å²) < 4.78 is 10.8. The molecule has 0 aromatic heterocycles. The predicted molar refractivity (Wildman–Crippen MR) is 76.5 cm³/mol. The Morgan fingerprint density at radius 1 is 1.44 bits per heavy atom. The van der Waals surface area contributed by atoms with Gasteiger partial charge in [0.2, 0.25) is 0 Å². The Bertz CT molecular complexity index is 484. The van der Waals surface area contributed by atoms with Crippen molar-refractivity contribution in [3.05, 3.63) is 47.4 Å². The van der Waals surface area contributed by atoms with Crippen LogP contribution < -0.4 is 10.4 Å². The van der Waals surface area contributed by atoms with Crippen LogP contribution in [0.25, 0.3) is 11.8 Å². The molecule has 1 atom stereocenters. The second kappa shape index (κ2) is 7.72. The van der Waals surface area contributed by atoms with Crippen molar-refractivity contribution in [3.8, 4) is 0 Å². The van der Waals surface area contributed by atoms with Crippen molar-refractivity contribution in [2.45, 2.75) is 26.9 Å². The third-order valence-corrected chi connectivity index (χ3v) is 2.55. The summed E-state index contributed by atoms with van der Waals surface area (Å²) >= 11 is 0. The summed E-state index contributed by atoms with van der Waals surface area (Å²) in [6.45, 7) is 11.2. The van der Waals surface area contributed by atoms with Gasteiger partial charge in [0.05, 0.1) is 6.61 Å². The average molecular weight is 246 g/mol. The van der Waals surface area contributed by atoms with Crippen LogP contribution in [-0.2, 0) is 9.47 Å². The Morgan fingerprint density at radius 2 is 2.11 bits per heavy atom. The van der Waals surface area contributed by atoms with Crippen LogP contribution in [0.4, 0.5) is 0 Å². The lowest BCUT2D eigenvalue weighted by Crippen LogP contribution is -2.27. The van der Waals surface area contributed by atoms with E-state index in [4.69, 9.17) is 9.47 Å². The lowest BCUT2D eigenvalue weighted by molar-refractivity contribution is 0.233. The highest BCUT2D eigenvalue weighted by Crippen LogP contribution is 2.11. The van der Waals surface area contributed by atoms with E-state index in [2.05, 4.69) is 18.7 Å². The van der Waals surface area contributed by atoms with Gasteiger partial charge in [0.15, 0.2) is 0 Å². The molecule has 0 N–H and O–H groups in total. The van der Waals surface area contributed by atoms with Crippen molar-refractivity contribution in [1.29, 1.82) is 0 Å². The third-order valence-electron chi connectivity index (χ3n) is 2.55. The Morgan fingerprint density at radius 3 is 2.67 bits per heavy atom. The number of hydrogen-bond donors (Lipinski definition) is 0. The molecule has 2 nitrogen and oxygen atoms in total. The highest BCUT2D eigenvalue weighted by molar-refractivity contribution is 5.49. The molecule has 1 aromatic carbocycles. The molecule has 1 aromatic rings. The molecule has 0 aliphatic carbocycles. The number of benzene rings is 1. The Hall–Kier alpha value is -1.54. The second-order valence-electron chi connectivity index (χ2n) is 3.71. The minimum atomic E-state index is 0.271. The van der Waals surface area contributed by atoms with E-state index in [1.165, 1.54) is 0 Å². The van der Waals surface area contributed by atoms with E-state index in [1.54, 1.807) is 6.08 Å². The van der Waals surface area contributed by atoms with Gasteiger partial charge in [0.25, 0.3) is 0 Å². The summed E-state index contributed by atoms with van der Waals surface area (Å²) in [5, 5.41) is 2.25. The minimum absolute atomic E-state index is 0.271. The van der Waals surface area contributed by atoms with Gasteiger partial charge in [-0.2, -0.15) is 0 Å². The topological polar surface area (TPSA) is 21.8 Å². The summed E-state index contributed by atoms with van der Waals surface area (Å²) in [4.78, 5) is 0. The van der Waals surface area contributed by atoms with Crippen LogP contribution in [-0.4, -0.2) is 19.3 Å². The minimum Gasteiger partial charge on any atom is -0.490 e. The van der Waals surface area contributed by atoms with Gasteiger partial charge in [-0.25, -0.2) is 0 Å². The van der Waals surface area contributed by atoms with E-state index < -0.39 is 0 Å². The molecule has 2 rings (SSSR count). The van der Waals surface area contributed by atoms with Crippen LogP contribution in [0.2, 0.25) is 0 Å². The quantitative estimate of drug-likeness (QED) is 0.760. The molecule has 0 saturated carbocycles. The highest BCUT2D eigenvalue weighted by atomic mass is 16.6. The molecule has 1 unspecified atom stereocenters. The molecule has 2 heteroatoms. The van der Waals surface area contributed by atoms with E-state index >= 15 is 0 Å². The van der Waals surface area contributed by atoms with Gasteiger partial charge in [-0.05, 0) is 18.2 Å². The third kappa shape index (κ3) is 4.04. The fourth-order valence-corrected chi connectivity index (χ4v) is 1.57. The SMILES string of the molecule is C=C/C(OCC1CO1)=c1/cccc/c1=C/C.CC. The van der Waals surface area contributed by atoms with Crippen molar-refractivity contribution in [1.82, 2.24) is 0 Å². The summed E-state index contributed by atoms with van der Waals surface area (Å²) in [7, 11) is 0. The number of epoxide rings is 1. The maximum absolute atomic E-state index is 5.70. The molecule has 1 heterocycles. The molecule has 1 fully saturated rings. The average Bonchev–Trinajstić information content (AvgIpc) is 3.26. The van der Waals surface area contributed by atoms with Crippen molar-refractivity contribution < 1.29 is 9.47 Å². The molecule has 0 amide bonds. The molecule has 98 valence electrons. The molecule has 1 aliphatic rings. The monoisotopic (exact) mass is 246 g/mol. The van der Waals surface area contributed by atoms with Crippen LogP contribution in [0.1, 0.15) is 20.8 Å². The van der Waals surface area contributed by atoms with Gasteiger partial charge in [0.1, 0.15) is 18.5 Å². The largest absolute Gasteiger partial charge is 0.490 e. The number of rotatable bonds is 4. The number of hydrogen-bond acceptors (Lipinski definition) is 2. The molecular weight excluding hydrogens is 224 g/mol. The van der Waals surface area contributed by atoms with Gasteiger partial charge >= 0.3 is 0 Å². The fourth-order valence-electron chi connectivity index (χ4n) is 1.57. The predicted octanol–water partition coefficient (Wildman–Crippen LogP) is 2.22. The first-order valence-electron chi connectivity index (χ1n) is 6.47. The molecule has 0 spiro atoms. The smallest absolute Gasteiger partial charge is 0.126 e. The molecule has 0 bridgehead atoms. The van der Waals surface area contributed by atoms with Crippen molar-refractivity contribution in [2.75, 3.05) is 13.2 Å². The first-order valence-corrected chi connectivity index (χ1v) is 6.47. The summed E-state index contributed by atoms with van der Waals surface area (Å²) in [5.74, 6) is 0.823. The Kier molecular flexibility index (Phi) is 6.23. The van der Waals surface area contributed by atoms with Crippen LogP contribution in [0, 0.1) is 0 Å². The zero-order chi connectivity index (χ0) is 13.4. The van der Waals surface area contributed by atoms with E-state index in [1.807, 2.05) is 39.0 Å². The molecular formula is C16H22O2. The van der Waals surface area contributed by atoms with E-state index in [9.17, 15) is 0 Å². The molecule has 0 radical (unpaired) electrons. The molecule has 1 aliphatic heterocycles. The molecule has 1 saturated heterocycles. The summed E-state index contributed by atoms with van der Waals surface area (Å²) in [6.07, 6.45) is 4.09. The maximum atomic E-state index is 5.70. The van der Waals surface area contributed by atoms with Gasteiger partial charge in [-0.15, -0.1) is 0 Å². The zero-order valence-corrected chi connectivity index (χ0v) is 11.5. The first kappa shape index (κ1) is 14.5. The van der Waals surface area contributed by atoms with Crippen molar-refractivity contribution >= 4 is 11.8 Å². The van der Waals surface area contributed by atoms with Crippen LogP contribution in [0.3, 0.4) is 0 Å². The Balaban J connectivity index is 0.000000771. The van der Waals surface area contributed by atoms with E-state index in [0.717, 1.165) is 22.8 Å².